The Hall–Kier alpha value is -3.79. The maximum Gasteiger partial charge on any atom is 0.223 e. The van der Waals surface area contributed by atoms with Gasteiger partial charge < -0.3 is 5.32 Å². The van der Waals surface area contributed by atoms with Gasteiger partial charge in [-0.15, -0.1) is 0 Å². The lowest BCUT2D eigenvalue weighted by atomic mass is 10.1. The lowest BCUT2D eigenvalue weighted by molar-refractivity contribution is 0.744. The summed E-state index contributed by atoms with van der Waals surface area (Å²) in [7, 11) is 0. The monoisotopic (exact) mass is 381 g/mol. The maximum atomic E-state index is 4.59. The highest BCUT2D eigenvalue weighted by atomic mass is 15.1. The highest BCUT2D eigenvalue weighted by Gasteiger charge is 2.16. The largest absolute Gasteiger partial charge is 0.351 e. The van der Waals surface area contributed by atoms with Gasteiger partial charge in [-0.1, -0.05) is 18.8 Å². The Morgan fingerprint density at radius 3 is 2.79 bits per heavy atom. The van der Waals surface area contributed by atoms with Crippen molar-refractivity contribution in [3.8, 4) is 23.4 Å². The number of hydrogen-bond donors (Lipinski definition) is 2. The number of anilines is 1. The number of aromatic nitrogens is 6. The first-order valence-electron chi connectivity index (χ1n) is 9.72. The first-order chi connectivity index (χ1) is 14.3. The zero-order chi connectivity index (χ0) is 19.5. The van der Waals surface area contributed by atoms with Crippen LogP contribution in [0.25, 0.3) is 22.4 Å². The van der Waals surface area contributed by atoms with Crippen molar-refractivity contribution >= 4 is 16.9 Å². The molecule has 0 saturated heterocycles. The Morgan fingerprint density at radius 1 is 0.966 bits per heavy atom. The summed E-state index contributed by atoms with van der Waals surface area (Å²) >= 11 is 0. The fourth-order valence-corrected chi connectivity index (χ4v) is 3.51. The Morgan fingerprint density at radius 2 is 1.86 bits per heavy atom. The van der Waals surface area contributed by atoms with Gasteiger partial charge in [0, 0.05) is 29.4 Å². The second-order valence-corrected chi connectivity index (χ2v) is 7.08. The minimum Gasteiger partial charge on any atom is -0.351 e. The summed E-state index contributed by atoms with van der Waals surface area (Å²) < 4.78 is 0. The van der Waals surface area contributed by atoms with Crippen molar-refractivity contribution in [2.75, 3.05) is 5.32 Å². The summed E-state index contributed by atoms with van der Waals surface area (Å²) in [6, 6.07) is 10.00. The first-order valence-corrected chi connectivity index (χ1v) is 9.72. The van der Waals surface area contributed by atoms with Gasteiger partial charge in [0.15, 0.2) is 5.82 Å². The number of fused-ring (bicyclic) bond motifs is 1. The summed E-state index contributed by atoms with van der Waals surface area (Å²) in [5, 5.41) is 11.4. The quantitative estimate of drug-likeness (QED) is 0.527. The van der Waals surface area contributed by atoms with Crippen LogP contribution in [-0.4, -0.2) is 36.2 Å². The van der Waals surface area contributed by atoms with Crippen LogP contribution in [0, 0.1) is 11.8 Å². The number of aromatic amines is 1. The third-order valence-electron chi connectivity index (χ3n) is 5.00. The molecule has 0 spiro atoms. The van der Waals surface area contributed by atoms with Crippen LogP contribution in [0.1, 0.15) is 36.9 Å². The van der Waals surface area contributed by atoms with Crippen LogP contribution in [0.5, 0.6) is 0 Å². The molecule has 1 aliphatic rings. The van der Waals surface area contributed by atoms with Crippen LogP contribution in [0.15, 0.2) is 48.9 Å². The van der Waals surface area contributed by atoms with Crippen LogP contribution in [0.3, 0.4) is 0 Å². The second-order valence-electron chi connectivity index (χ2n) is 7.08. The predicted octanol–water partition coefficient (Wildman–Crippen LogP) is 3.56. The third kappa shape index (κ3) is 3.92. The normalized spacial score (nSPS) is 13.9. The average molecular weight is 381 g/mol. The van der Waals surface area contributed by atoms with Gasteiger partial charge in [0.05, 0.1) is 11.7 Å². The van der Waals surface area contributed by atoms with E-state index < -0.39 is 0 Å². The van der Waals surface area contributed by atoms with Gasteiger partial charge in [-0.25, -0.2) is 19.9 Å². The number of hydrogen-bond acceptors (Lipinski definition) is 6. The van der Waals surface area contributed by atoms with E-state index in [2.05, 4.69) is 47.3 Å². The minimum atomic E-state index is 0.455. The molecule has 0 unspecified atom stereocenters. The molecular formula is C22H19N7. The van der Waals surface area contributed by atoms with E-state index in [-0.39, 0.29) is 0 Å². The molecule has 1 fully saturated rings. The van der Waals surface area contributed by atoms with E-state index in [1.54, 1.807) is 24.7 Å². The number of nitrogens with one attached hydrogen (secondary N) is 2. The van der Waals surface area contributed by atoms with E-state index >= 15 is 0 Å². The van der Waals surface area contributed by atoms with Crippen molar-refractivity contribution in [2.24, 2.45) is 0 Å². The topological polar surface area (TPSA) is 92.3 Å². The maximum absolute atomic E-state index is 4.59. The zero-order valence-electron chi connectivity index (χ0n) is 15.8. The Balaban J connectivity index is 1.38. The molecule has 0 radical (unpaired) electrons. The van der Waals surface area contributed by atoms with E-state index in [4.69, 9.17) is 0 Å². The van der Waals surface area contributed by atoms with E-state index in [9.17, 15) is 0 Å². The number of benzene rings is 1. The average Bonchev–Trinajstić information content (AvgIpc) is 3.44. The standard InChI is InChI=1S/C22H19N7/c1-2-4-17(3-1)27-22-24-12-10-20(28-22)21-23-11-9-18(26-21)7-5-15-6-8-19-16(13-15)14-25-29-19/h6,8-14,17H,1-4H2,(H,25,29)(H,24,27,28). The molecule has 5 rings (SSSR count). The van der Waals surface area contributed by atoms with Crippen molar-refractivity contribution in [1.29, 1.82) is 0 Å². The Bertz CT molecular complexity index is 1210. The molecule has 0 aliphatic heterocycles. The summed E-state index contributed by atoms with van der Waals surface area (Å²) in [4.78, 5) is 17.8. The van der Waals surface area contributed by atoms with Crippen LogP contribution < -0.4 is 5.32 Å². The van der Waals surface area contributed by atoms with E-state index in [1.165, 1.54) is 25.7 Å². The minimum absolute atomic E-state index is 0.455. The van der Waals surface area contributed by atoms with Crippen molar-refractivity contribution in [2.45, 2.75) is 31.7 Å². The Kier molecular flexibility index (Phi) is 4.59. The molecule has 0 atom stereocenters. The number of H-pyrrole nitrogens is 1. The van der Waals surface area contributed by atoms with Crippen molar-refractivity contribution in [3.63, 3.8) is 0 Å². The van der Waals surface area contributed by atoms with Gasteiger partial charge in [-0.3, -0.25) is 5.10 Å². The summed E-state index contributed by atoms with van der Waals surface area (Å²) in [5.74, 6) is 7.43. The summed E-state index contributed by atoms with van der Waals surface area (Å²) in [6.07, 6.45) is 10.1. The van der Waals surface area contributed by atoms with Crippen LogP contribution in [-0.2, 0) is 0 Å². The molecule has 1 saturated carbocycles. The third-order valence-corrected chi connectivity index (χ3v) is 5.00. The lowest BCUT2D eigenvalue weighted by Gasteiger charge is -2.11. The van der Waals surface area contributed by atoms with Gasteiger partial charge >= 0.3 is 0 Å². The van der Waals surface area contributed by atoms with Crippen LogP contribution in [0.4, 0.5) is 5.95 Å². The van der Waals surface area contributed by atoms with Crippen molar-refractivity contribution < 1.29 is 0 Å². The lowest BCUT2D eigenvalue weighted by Crippen LogP contribution is -2.16. The first kappa shape index (κ1) is 17.3. The zero-order valence-corrected chi connectivity index (χ0v) is 15.8. The molecule has 0 amide bonds. The summed E-state index contributed by atoms with van der Waals surface area (Å²) in [6.45, 7) is 0. The highest BCUT2D eigenvalue weighted by Crippen LogP contribution is 2.21. The fourth-order valence-electron chi connectivity index (χ4n) is 3.51. The van der Waals surface area contributed by atoms with Crippen molar-refractivity contribution in [1.82, 2.24) is 30.1 Å². The number of rotatable bonds is 3. The molecule has 1 aromatic carbocycles. The Labute approximate surface area is 168 Å². The molecule has 142 valence electrons. The molecular weight excluding hydrogens is 362 g/mol. The van der Waals surface area contributed by atoms with Crippen molar-refractivity contribution in [3.05, 3.63) is 60.2 Å². The SMILES string of the molecule is C(#Cc1ccnc(-c2ccnc(NC3CCCC3)n2)n1)c1ccc2[nH]ncc2c1. The second kappa shape index (κ2) is 7.68. The van der Waals surface area contributed by atoms with Gasteiger partial charge in [0.25, 0.3) is 0 Å². The van der Waals surface area contributed by atoms with Gasteiger partial charge in [0.2, 0.25) is 5.95 Å². The molecule has 29 heavy (non-hydrogen) atoms. The fraction of sp³-hybridized carbons (Fsp3) is 0.227. The highest BCUT2D eigenvalue weighted by molar-refractivity contribution is 5.79. The number of nitrogens with zero attached hydrogens (tertiary/aromatic N) is 5. The molecule has 4 aromatic rings. The molecule has 0 bridgehead atoms. The molecule has 7 nitrogen and oxygen atoms in total. The van der Waals surface area contributed by atoms with E-state index in [0.717, 1.165) is 16.5 Å². The van der Waals surface area contributed by atoms with Crippen LogP contribution in [0.2, 0.25) is 0 Å². The smallest absolute Gasteiger partial charge is 0.223 e. The van der Waals surface area contributed by atoms with E-state index in [1.807, 2.05) is 24.3 Å². The molecule has 3 aromatic heterocycles. The molecule has 1 aliphatic carbocycles. The molecule has 7 heteroatoms. The van der Waals surface area contributed by atoms with Crippen LogP contribution >= 0.6 is 0 Å². The summed E-state index contributed by atoms with van der Waals surface area (Å²) in [5.41, 5.74) is 3.23. The molecule has 3 heterocycles. The van der Waals surface area contributed by atoms with E-state index in [0.29, 0.717) is 29.2 Å². The van der Waals surface area contributed by atoms with Gasteiger partial charge in [0.1, 0.15) is 11.4 Å². The van der Waals surface area contributed by atoms with Gasteiger partial charge in [-0.2, -0.15) is 5.10 Å². The molecule has 2 N–H and O–H groups in total. The predicted molar refractivity (Wildman–Crippen MR) is 111 cm³/mol. The van der Waals surface area contributed by atoms with Gasteiger partial charge in [-0.05, 0) is 49.1 Å².